The second kappa shape index (κ2) is 11.2. The topological polar surface area (TPSA) is 101 Å². The number of rotatable bonds is 11. The van der Waals surface area contributed by atoms with Crippen LogP contribution in [0.4, 0.5) is 0 Å². The fraction of sp³-hybridized carbons (Fsp3) is 0.444. The highest BCUT2D eigenvalue weighted by Gasteiger charge is 2.17. The summed E-state index contributed by atoms with van der Waals surface area (Å²) in [6, 6.07) is 8.20. The Bertz CT molecular complexity index is 1320. The summed E-state index contributed by atoms with van der Waals surface area (Å²) >= 11 is 0. The van der Waals surface area contributed by atoms with Crippen molar-refractivity contribution in [1.82, 2.24) is 44.0 Å². The molecule has 0 amide bonds. The van der Waals surface area contributed by atoms with Gasteiger partial charge in [-0.15, -0.1) is 0 Å². The highest BCUT2D eigenvalue weighted by atomic mass is 16.5. The average Bonchev–Trinajstić information content (AvgIpc) is 3.58. The van der Waals surface area contributed by atoms with E-state index in [0.29, 0.717) is 38.2 Å². The lowest BCUT2D eigenvalue weighted by Gasteiger charge is -2.20. The van der Waals surface area contributed by atoms with Gasteiger partial charge >= 0.3 is 5.97 Å². The maximum absolute atomic E-state index is 11.8. The minimum Gasteiger partial charge on any atom is -0.462 e. The van der Waals surface area contributed by atoms with Crippen molar-refractivity contribution >= 4 is 5.97 Å². The summed E-state index contributed by atoms with van der Waals surface area (Å²) in [4.78, 5) is 14.1. The van der Waals surface area contributed by atoms with Crippen molar-refractivity contribution < 1.29 is 9.53 Å². The van der Waals surface area contributed by atoms with Crippen LogP contribution >= 0.6 is 0 Å². The first-order valence-corrected chi connectivity index (χ1v) is 12.7. The summed E-state index contributed by atoms with van der Waals surface area (Å²) in [6.45, 7) is 15.6. The normalized spacial score (nSPS) is 11.5. The van der Waals surface area contributed by atoms with Gasteiger partial charge in [-0.05, 0) is 53.2 Å². The monoisotopic (exact) mass is 519 g/mol. The van der Waals surface area contributed by atoms with Crippen LogP contribution in [0.5, 0.6) is 0 Å². The Morgan fingerprint density at radius 3 is 1.68 bits per heavy atom. The lowest BCUT2D eigenvalue weighted by molar-refractivity contribution is -0.139. The number of hydrogen-bond donors (Lipinski definition) is 0. The number of hydrogen-bond acceptors (Lipinski definition) is 7. The number of nitrogens with zero attached hydrogens (tertiary/aromatic N) is 9. The quantitative estimate of drug-likeness (QED) is 0.170. The molecule has 0 aliphatic carbocycles. The number of carbonyl (C=O) groups is 1. The predicted octanol–water partition coefficient (Wildman–Crippen LogP) is 3.27. The molecular formula is C27H37N9O2. The molecule has 4 aromatic rings. The largest absolute Gasteiger partial charge is 0.462 e. The summed E-state index contributed by atoms with van der Waals surface area (Å²) in [5.41, 5.74) is 6.42. The number of ether oxygens (including phenoxy) is 1. The number of aromatic nitrogens is 8. The zero-order valence-corrected chi connectivity index (χ0v) is 23.4. The van der Waals surface area contributed by atoms with Crippen molar-refractivity contribution in [2.45, 2.75) is 54.1 Å². The standard InChI is InChI=1S/C27H37N9O2/c1-18(2)27(37)38-11-9-10-34(16-23-12-21(5)35(28-23)25-14-19(3)32(7)30-25)17-24-13-22(6)36(29-24)26-15-20(4)33(8)31-26/h12-15H,1,9-11,16-17H2,2-8H3. The fourth-order valence-corrected chi connectivity index (χ4v) is 4.23. The van der Waals surface area contributed by atoms with Gasteiger partial charge in [0, 0.05) is 74.2 Å². The molecule has 0 fully saturated rings. The lowest BCUT2D eigenvalue weighted by atomic mass is 10.2. The van der Waals surface area contributed by atoms with Crippen molar-refractivity contribution in [3.63, 3.8) is 0 Å². The van der Waals surface area contributed by atoms with E-state index in [-0.39, 0.29) is 5.97 Å². The van der Waals surface area contributed by atoms with Crippen LogP contribution in [0.2, 0.25) is 0 Å². The van der Waals surface area contributed by atoms with Gasteiger partial charge in [-0.1, -0.05) is 6.58 Å². The van der Waals surface area contributed by atoms with Crippen molar-refractivity contribution in [3.8, 4) is 11.6 Å². The molecule has 0 radical (unpaired) electrons. The summed E-state index contributed by atoms with van der Waals surface area (Å²) in [5.74, 6) is 1.23. The second-order valence-electron chi connectivity index (χ2n) is 9.89. The van der Waals surface area contributed by atoms with Gasteiger partial charge in [0.15, 0.2) is 11.6 Å². The van der Waals surface area contributed by atoms with Crippen LogP contribution in [-0.4, -0.2) is 63.1 Å². The first kappa shape index (κ1) is 27.1. The minimum atomic E-state index is -0.364. The van der Waals surface area contributed by atoms with Crippen molar-refractivity contribution in [2.75, 3.05) is 13.2 Å². The number of esters is 1. The number of carbonyl (C=O) groups excluding carboxylic acids is 1. The van der Waals surface area contributed by atoms with Crippen LogP contribution in [0.25, 0.3) is 11.6 Å². The Labute approximate surface area is 223 Å². The molecule has 0 atom stereocenters. The lowest BCUT2D eigenvalue weighted by Crippen LogP contribution is -2.26. The zero-order valence-electron chi connectivity index (χ0n) is 23.4. The molecule has 4 rings (SSSR count). The molecule has 11 heteroatoms. The molecular weight excluding hydrogens is 482 g/mol. The third-order valence-corrected chi connectivity index (χ3v) is 6.48. The summed E-state index contributed by atoms with van der Waals surface area (Å²) in [6.07, 6.45) is 0.678. The molecule has 0 spiro atoms. The smallest absolute Gasteiger partial charge is 0.333 e. The van der Waals surface area contributed by atoms with Crippen LogP contribution in [0.1, 0.15) is 47.5 Å². The molecule has 38 heavy (non-hydrogen) atoms. The molecule has 0 aromatic carbocycles. The van der Waals surface area contributed by atoms with Gasteiger partial charge < -0.3 is 4.74 Å². The average molecular weight is 520 g/mol. The molecule has 0 aliphatic heterocycles. The zero-order chi connectivity index (χ0) is 27.6. The van der Waals surface area contributed by atoms with Gasteiger partial charge in [0.25, 0.3) is 0 Å². The maximum Gasteiger partial charge on any atom is 0.333 e. The van der Waals surface area contributed by atoms with E-state index in [0.717, 1.165) is 45.8 Å². The molecule has 4 aromatic heterocycles. The Kier molecular flexibility index (Phi) is 7.96. The van der Waals surface area contributed by atoms with Crippen LogP contribution in [0.15, 0.2) is 36.4 Å². The van der Waals surface area contributed by atoms with Gasteiger partial charge in [0.2, 0.25) is 0 Å². The highest BCUT2D eigenvalue weighted by Crippen LogP contribution is 2.17. The Morgan fingerprint density at radius 2 is 1.29 bits per heavy atom. The SMILES string of the molecule is C=C(C)C(=O)OCCCN(Cc1cc(C)n(-c2cc(C)n(C)n2)n1)Cc1cc(C)n(-c2cc(C)n(C)n2)n1. The molecule has 4 heterocycles. The van der Waals surface area contributed by atoms with E-state index in [9.17, 15) is 4.79 Å². The van der Waals surface area contributed by atoms with E-state index in [1.807, 2.05) is 72.7 Å². The first-order valence-electron chi connectivity index (χ1n) is 12.7. The maximum atomic E-state index is 11.8. The van der Waals surface area contributed by atoms with Gasteiger partial charge in [0.05, 0.1) is 18.0 Å². The second-order valence-corrected chi connectivity index (χ2v) is 9.89. The molecule has 0 saturated heterocycles. The van der Waals surface area contributed by atoms with Crippen LogP contribution in [0.3, 0.4) is 0 Å². The summed E-state index contributed by atoms with van der Waals surface area (Å²) < 4.78 is 12.7. The van der Waals surface area contributed by atoms with Crippen LogP contribution < -0.4 is 0 Å². The van der Waals surface area contributed by atoms with E-state index in [4.69, 9.17) is 14.9 Å². The number of aryl methyl sites for hydroxylation is 6. The van der Waals surface area contributed by atoms with Gasteiger partial charge in [-0.3, -0.25) is 14.3 Å². The molecule has 0 bridgehead atoms. The molecule has 202 valence electrons. The summed E-state index contributed by atoms with van der Waals surface area (Å²) in [5, 5.41) is 18.8. The Balaban J connectivity index is 1.52. The highest BCUT2D eigenvalue weighted by molar-refractivity contribution is 5.86. The van der Waals surface area contributed by atoms with Gasteiger partial charge in [-0.2, -0.15) is 20.4 Å². The van der Waals surface area contributed by atoms with E-state index in [1.54, 1.807) is 6.92 Å². The van der Waals surface area contributed by atoms with E-state index in [1.165, 1.54) is 0 Å². The molecule has 0 aliphatic rings. The van der Waals surface area contributed by atoms with E-state index in [2.05, 4.69) is 33.8 Å². The molecule has 11 nitrogen and oxygen atoms in total. The van der Waals surface area contributed by atoms with Crippen molar-refractivity contribution in [2.24, 2.45) is 14.1 Å². The Morgan fingerprint density at radius 1 is 0.816 bits per heavy atom. The summed E-state index contributed by atoms with van der Waals surface area (Å²) in [7, 11) is 3.85. The van der Waals surface area contributed by atoms with Crippen molar-refractivity contribution in [3.05, 3.63) is 70.6 Å². The van der Waals surface area contributed by atoms with Gasteiger partial charge in [0.1, 0.15) is 0 Å². The first-order chi connectivity index (χ1) is 18.0. The third-order valence-electron chi connectivity index (χ3n) is 6.48. The van der Waals surface area contributed by atoms with Gasteiger partial charge in [-0.25, -0.2) is 14.2 Å². The third kappa shape index (κ3) is 6.10. The van der Waals surface area contributed by atoms with Crippen LogP contribution in [-0.2, 0) is 36.7 Å². The molecule has 0 unspecified atom stereocenters. The molecule has 0 N–H and O–H groups in total. The molecule has 0 saturated carbocycles. The van der Waals surface area contributed by atoms with Crippen molar-refractivity contribution in [1.29, 1.82) is 0 Å². The van der Waals surface area contributed by atoms with E-state index >= 15 is 0 Å². The fourth-order valence-electron chi connectivity index (χ4n) is 4.23. The predicted molar refractivity (Wildman–Crippen MR) is 144 cm³/mol. The van der Waals surface area contributed by atoms with E-state index < -0.39 is 0 Å². The van der Waals surface area contributed by atoms with Crippen LogP contribution in [0, 0.1) is 27.7 Å². The Hall–Kier alpha value is -3.99. The minimum absolute atomic E-state index is 0.323.